The molecule has 1 aromatic carbocycles. The maximum absolute atomic E-state index is 12.2. The van der Waals surface area contributed by atoms with Crippen molar-refractivity contribution in [1.29, 1.82) is 0 Å². The molecule has 1 saturated heterocycles. The van der Waals surface area contributed by atoms with Crippen molar-refractivity contribution in [3.63, 3.8) is 0 Å². The summed E-state index contributed by atoms with van der Waals surface area (Å²) in [7, 11) is 2.02. The maximum atomic E-state index is 12.2. The van der Waals surface area contributed by atoms with Gasteiger partial charge in [-0.25, -0.2) is 0 Å². The third-order valence-corrected chi connectivity index (χ3v) is 5.52. The number of carbonyl (C=O) groups is 1. The van der Waals surface area contributed by atoms with Gasteiger partial charge < -0.3 is 10.6 Å². The molecule has 3 rings (SSSR count). The van der Waals surface area contributed by atoms with E-state index in [0.29, 0.717) is 6.54 Å². The summed E-state index contributed by atoms with van der Waals surface area (Å²) in [6, 6.07) is 8.54. The van der Waals surface area contributed by atoms with Gasteiger partial charge in [-0.1, -0.05) is 24.3 Å². The summed E-state index contributed by atoms with van der Waals surface area (Å²) in [4.78, 5) is 15.6. The van der Waals surface area contributed by atoms with E-state index in [2.05, 4.69) is 46.7 Å². The molecule has 1 aromatic rings. The number of carbonyl (C=O) groups excluding carboxylic acids is 1. The van der Waals surface area contributed by atoms with Crippen LogP contribution in [0.15, 0.2) is 30.0 Å². The number of rotatable bonds is 4. The zero-order chi connectivity index (χ0) is 15.5. The molecule has 0 bridgehead atoms. The van der Waals surface area contributed by atoms with Crippen molar-refractivity contribution in [1.82, 2.24) is 15.5 Å². The Balaban J connectivity index is 1.57. The molecular formula is C17H23N3OS. The Labute approximate surface area is 136 Å². The van der Waals surface area contributed by atoms with E-state index in [1.165, 1.54) is 16.2 Å². The van der Waals surface area contributed by atoms with Crippen molar-refractivity contribution in [3.05, 3.63) is 41.1 Å². The molecule has 22 heavy (non-hydrogen) atoms. The Bertz CT molecular complexity index is 582. The average molecular weight is 317 g/mol. The highest BCUT2D eigenvalue weighted by Gasteiger charge is 2.27. The van der Waals surface area contributed by atoms with Crippen LogP contribution >= 0.6 is 11.8 Å². The first-order chi connectivity index (χ1) is 10.6. The second-order valence-corrected chi connectivity index (χ2v) is 6.96. The number of benzene rings is 1. The van der Waals surface area contributed by atoms with E-state index in [4.69, 9.17) is 0 Å². The molecule has 0 saturated carbocycles. The van der Waals surface area contributed by atoms with Gasteiger partial charge in [0.25, 0.3) is 0 Å². The van der Waals surface area contributed by atoms with Crippen molar-refractivity contribution < 1.29 is 4.79 Å². The van der Waals surface area contributed by atoms with Crippen molar-refractivity contribution >= 4 is 22.6 Å². The first-order valence-corrected chi connectivity index (χ1v) is 8.78. The van der Waals surface area contributed by atoms with E-state index < -0.39 is 0 Å². The largest absolute Gasteiger partial charge is 0.378 e. The molecular weight excluding hydrogens is 294 g/mol. The third-order valence-electron chi connectivity index (χ3n) is 4.40. The summed E-state index contributed by atoms with van der Waals surface area (Å²) >= 11 is 1.84. The summed E-state index contributed by atoms with van der Waals surface area (Å²) in [6.45, 7) is 3.74. The van der Waals surface area contributed by atoms with Crippen LogP contribution in [0.4, 0.5) is 0 Å². The molecule has 0 aromatic heterocycles. The molecule has 1 unspecified atom stereocenters. The summed E-state index contributed by atoms with van der Waals surface area (Å²) < 4.78 is 0. The number of allylic oxidation sites excluding steroid dienone is 1. The molecule has 1 fully saturated rings. The van der Waals surface area contributed by atoms with Crippen LogP contribution < -0.4 is 10.6 Å². The average Bonchev–Trinajstić information content (AvgIpc) is 3.14. The van der Waals surface area contributed by atoms with E-state index in [1.807, 2.05) is 18.8 Å². The van der Waals surface area contributed by atoms with E-state index >= 15 is 0 Å². The fourth-order valence-electron chi connectivity index (χ4n) is 3.03. The Kier molecular flexibility index (Phi) is 4.74. The number of thioether (sulfide) groups is 1. The molecule has 2 N–H and O–H groups in total. The van der Waals surface area contributed by atoms with E-state index in [1.54, 1.807) is 0 Å². The number of nitrogens with one attached hydrogen (secondary N) is 2. The standard InChI is InChI=1S/C17H23N3OS/c1-12-16(22-11-19-12)14-7-5-13(6-8-14)10-18-17(21)15-4-3-9-20(15)2/h5-8,15,19H,3-4,9-11H2,1-2H3,(H,18,21). The molecule has 1 atom stereocenters. The van der Waals surface area contributed by atoms with Gasteiger partial charge in [0.15, 0.2) is 0 Å². The first-order valence-electron chi connectivity index (χ1n) is 7.80. The minimum Gasteiger partial charge on any atom is -0.378 e. The normalized spacial score (nSPS) is 22.0. The van der Waals surface area contributed by atoms with Crippen LogP contribution in [0.3, 0.4) is 0 Å². The van der Waals surface area contributed by atoms with Gasteiger partial charge in [-0.3, -0.25) is 9.69 Å². The second kappa shape index (κ2) is 6.75. The molecule has 0 radical (unpaired) electrons. The number of nitrogens with zero attached hydrogens (tertiary/aromatic N) is 1. The van der Waals surface area contributed by atoms with Crippen molar-refractivity contribution in [2.75, 3.05) is 19.5 Å². The third kappa shape index (κ3) is 3.31. The van der Waals surface area contributed by atoms with E-state index in [0.717, 1.165) is 30.8 Å². The summed E-state index contributed by atoms with van der Waals surface area (Å²) in [6.07, 6.45) is 2.09. The SMILES string of the molecule is CC1=C(c2ccc(CNC(=O)C3CCCN3C)cc2)SCN1. The van der Waals surface area contributed by atoms with Gasteiger partial charge in [0.1, 0.15) is 0 Å². The molecule has 2 aliphatic rings. The summed E-state index contributed by atoms with van der Waals surface area (Å²) in [5, 5.41) is 6.40. The van der Waals surface area contributed by atoms with Crippen LogP contribution in [0.2, 0.25) is 0 Å². The van der Waals surface area contributed by atoms with Crippen LogP contribution in [0.25, 0.3) is 4.91 Å². The van der Waals surface area contributed by atoms with Crippen molar-refractivity contribution in [2.24, 2.45) is 0 Å². The molecule has 1 amide bonds. The van der Waals surface area contributed by atoms with E-state index in [-0.39, 0.29) is 11.9 Å². The minimum absolute atomic E-state index is 0.0491. The fourth-order valence-corrected chi connectivity index (χ4v) is 4.05. The Morgan fingerprint density at radius 2 is 2.18 bits per heavy atom. The monoisotopic (exact) mass is 317 g/mol. The number of amides is 1. The molecule has 118 valence electrons. The maximum Gasteiger partial charge on any atom is 0.237 e. The molecule has 5 heteroatoms. The van der Waals surface area contributed by atoms with Crippen LogP contribution in [0, 0.1) is 0 Å². The molecule has 0 spiro atoms. The number of likely N-dealkylation sites (tertiary alicyclic amines) is 1. The van der Waals surface area contributed by atoms with Crippen LogP contribution in [-0.4, -0.2) is 36.3 Å². The van der Waals surface area contributed by atoms with Crippen LogP contribution in [0.5, 0.6) is 0 Å². The van der Waals surface area contributed by atoms with Gasteiger partial charge in [-0.05, 0) is 44.5 Å². The zero-order valence-electron chi connectivity index (χ0n) is 13.2. The fraction of sp³-hybridized carbons (Fsp3) is 0.471. The predicted octanol–water partition coefficient (Wildman–Crippen LogP) is 2.38. The van der Waals surface area contributed by atoms with Gasteiger partial charge in [-0.15, -0.1) is 11.8 Å². The molecule has 4 nitrogen and oxygen atoms in total. The lowest BCUT2D eigenvalue weighted by atomic mass is 10.1. The topological polar surface area (TPSA) is 44.4 Å². The zero-order valence-corrected chi connectivity index (χ0v) is 14.0. The van der Waals surface area contributed by atoms with Gasteiger partial charge in [0.05, 0.1) is 11.9 Å². The van der Waals surface area contributed by atoms with Gasteiger partial charge in [0, 0.05) is 17.1 Å². The Morgan fingerprint density at radius 1 is 1.41 bits per heavy atom. The van der Waals surface area contributed by atoms with Crippen molar-refractivity contribution in [2.45, 2.75) is 32.4 Å². The molecule has 2 heterocycles. The summed E-state index contributed by atoms with van der Waals surface area (Å²) in [5.74, 6) is 1.10. The second-order valence-electron chi connectivity index (χ2n) is 5.97. The smallest absolute Gasteiger partial charge is 0.237 e. The predicted molar refractivity (Wildman–Crippen MR) is 92.1 cm³/mol. The molecule has 0 aliphatic carbocycles. The Hall–Kier alpha value is -1.46. The Morgan fingerprint density at radius 3 is 2.77 bits per heavy atom. The lowest BCUT2D eigenvalue weighted by Crippen LogP contribution is -2.41. The first kappa shape index (κ1) is 15.4. The minimum atomic E-state index is 0.0491. The highest BCUT2D eigenvalue weighted by atomic mass is 32.2. The molecule has 2 aliphatic heterocycles. The number of hydrogen-bond donors (Lipinski definition) is 2. The van der Waals surface area contributed by atoms with Crippen LogP contribution in [0.1, 0.15) is 30.9 Å². The van der Waals surface area contributed by atoms with Crippen molar-refractivity contribution in [3.8, 4) is 0 Å². The lowest BCUT2D eigenvalue weighted by Gasteiger charge is -2.18. The van der Waals surface area contributed by atoms with Gasteiger partial charge in [-0.2, -0.15) is 0 Å². The lowest BCUT2D eigenvalue weighted by molar-refractivity contribution is -0.125. The van der Waals surface area contributed by atoms with Gasteiger partial charge >= 0.3 is 0 Å². The quantitative estimate of drug-likeness (QED) is 0.895. The van der Waals surface area contributed by atoms with E-state index in [9.17, 15) is 4.79 Å². The summed E-state index contributed by atoms with van der Waals surface area (Å²) in [5.41, 5.74) is 3.64. The number of likely N-dealkylation sites (N-methyl/N-ethyl adjacent to an activating group) is 1. The van der Waals surface area contributed by atoms with Gasteiger partial charge in [0.2, 0.25) is 5.91 Å². The highest BCUT2D eigenvalue weighted by Crippen LogP contribution is 2.33. The number of hydrogen-bond acceptors (Lipinski definition) is 4. The highest BCUT2D eigenvalue weighted by molar-refractivity contribution is 8.08. The van der Waals surface area contributed by atoms with Crippen LogP contribution in [-0.2, 0) is 11.3 Å².